The van der Waals surface area contributed by atoms with Crippen LogP contribution in [0.5, 0.6) is 5.95 Å². The van der Waals surface area contributed by atoms with E-state index in [1.807, 2.05) is 13.0 Å². The first-order chi connectivity index (χ1) is 11.4. The van der Waals surface area contributed by atoms with Gasteiger partial charge in [0.2, 0.25) is 0 Å². The van der Waals surface area contributed by atoms with Crippen LogP contribution in [-0.4, -0.2) is 6.61 Å². The molecule has 0 atom stereocenters. The highest BCUT2D eigenvalue weighted by Gasteiger charge is 2.11. The molecule has 128 valence electrons. The Morgan fingerprint density at radius 3 is 2.33 bits per heavy atom. The monoisotopic (exact) mass is 326 g/mol. The summed E-state index contributed by atoms with van der Waals surface area (Å²) >= 11 is 0. The topological polar surface area (TPSA) is 39.4 Å². The molecule has 0 fully saturated rings. The van der Waals surface area contributed by atoms with E-state index in [1.54, 1.807) is 0 Å². The van der Waals surface area contributed by atoms with Crippen LogP contribution in [0, 0.1) is 0 Å². The first-order valence-electron chi connectivity index (χ1n) is 8.40. The predicted molar refractivity (Wildman–Crippen MR) is 99.9 cm³/mol. The first-order valence-corrected chi connectivity index (χ1v) is 8.40. The number of fused-ring (bicyclic) bond motifs is 1. The number of ether oxygens (including phenoxy) is 1. The van der Waals surface area contributed by atoms with E-state index in [-0.39, 0.29) is 11.4 Å². The predicted octanol–water partition coefficient (Wildman–Crippen LogP) is 5.21. The molecule has 24 heavy (non-hydrogen) atoms. The molecule has 3 heteroatoms. The molecule has 1 aromatic heterocycles. The average Bonchev–Trinajstić information content (AvgIpc) is 2.51. The lowest BCUT2D eigenvalue weighted by Crippen LogP contribution is -2.05. The van der Waals surface area contributed by atoms with Crippen molar-refractivity contribution in [2.24, 2.45) is 0 Å². The SMILES string of the molecule is CCOc1cc(=O)c2cc(CC=C(C)C)cc(CC=C(C)C)c2o1. The van der Waals surface area contributed by atoms with Crippen LogP contribution in [0.25, 0.3) is 11.0 Å². The van der Waals surface area contributed by atoms with Gasteiger partial charge in [-0.15, -0.1) is 0 Å². The Labute approximate surface area is 143 Å². The molecule has 3 nitrogen and oxygen atoms in total. The highest BCUT2D eigenvalue weighted by atomic mass is 16.6. The fourth-order valence-corrected chi connectivity index (χ4v) is 2.49. The molecule has 0 saturated carbocycles. The zero-order chi connectivity index (χ0) is 17.7. The van der Waals surface area contributed by atoms with Crippen LogP contribution in [0.2, 0.25) is 0 Å². The van der Waals surface area contributed by atoms with E-state index >= 15 is 0 Å². The molecule has 0 radical (unpaired) electrons. The van der Waals surface area contributed by atoms with Gasteiger partial charge >= 0.3 is 0 Å². The van der Waals surface area contributed by atoms with E-state index in [4.69, 9.17) is 9.15 Å². The van der Waals surface area contributed by atoms with Gasteiger partial charge in [0.05, 0.1) is 18.1 Å². The molecule has 0 aliphatic heterocycles. The van der Waals surface area contributed by atoms with Gasteiger partial charge in [-0.25, -0.2) is 0 Å². The Balaban J connectivity index is 2.63. The van der Waals surface area contributed by atoms with Crippen molar-refractivity contribution >= 4 is 11.0 Å². The summed E-state index contributed by atoms with van der Waals surface area (Å²) in [4.78, 5) is 12.5. The Bertz CT molecular complexity index is 830. The number of hydrogen-bond donors (Lipinski definition) is 0. The van der Waals surface area contributed by atoms with Gasteiger partial charge < -0.3 is 9.15 Å². The van der Waals surface area contributed by atoms with Gasteiger partial charge in [-0.3, -0.25) is 4.79 Å². The van der Waals surface area contributed by atoms with Crippen molar-refractivity contribution in [3.63, 3.8) is 0 Å². The zero-order valence-electron chi connectivity index (χ0n) is 15.2. The standard InChI is InChI=1S/C21H26O3/c1-6-23-20-13-19(22)18-12-16(9-7-14(2)3)11-17(21(18)24-20)10-8-15(4)5/h7-8,11-13H,6,9-10H2,1-5H3. The van der Waals surface area contributed by atoms with Crippen LogP contribution < -0.4 is 10.2 Å². The van der Waals surface area contributed by atoms with Crippen LogP contribution in [0.15, 0.2) is 50.7 Å². The summed E-state index contributed by atoms with van der Waals surface area (Å²) in [6.45, 7) is 10.6. The molecule has 1 heterocycles. The fourth-order valence-electron chi connectivity index (χ4n) is 2.49. The third kappa shape index (κ3) is 4.60. The van der Waals surface area contributed by atoms with E-state index in [9.17, 15) is 4.79 Å². The Kier molecular flexibility index (Phi) is 6.02. The summed E-state index contributed by atoms with van der Waals surface area (Å²) in [5.41, 5.74) is 5.21. The normalized spacial score (nSPS) is 10.5. The van der Waals surface area contributed by atoms with E-state index in [2.05, 4.69) is 45.9 Å². The van der Waals surface area contributed by atoms with Crippen LogP contribution in [-0.2, 0) is 12.8 Å². The maximum atomic E-state index is 12.5. The Morgan fingerprint density at radius 2 is 1.71 bits per heavy atom. The Hall–Kier alpha value is -2.29. The van der Waals surface area contributed by atoms with E-state index in [0.717, 1.165) is 24.0 Å². The zero-order valence-corrected chi connectivity index (χ0v) is 15.2. The minimum Gasteiger partial charge on any atom is -0.465 e. The molecule has 0 N–H and O–H groups in total. The number of benzene rings is 1. The van der Waals surface area contributed by atoms with Crippen LogP contribution >= 0.6 is 0 Å². The second-order valence-corrected chi connectivity index (χ2v) is 6.47. The second kappa shape index (κ2) is 8.00. The van der Waals surface area contributed by atoms with Crippen LogP contribution in [0.3, 0.4) is 0 Å². The molecule has 2 aromatic rings. The second-order valence-electron chi connectivity index (χ2n) is 6.47. The third-order valence-electron chi connectivity index (χ3n) is 3.71. The van der Waals surface area contributed by atoms with Gasteiger partial charge in [0.15, 0.2) is 5.43 Å². The largest absolute Gasteiger partial charge is 0.465 e. The lowest BCUT2D eigenvalue weighted by atomic mass is 10.00. The van der Waals surface area contributed by atoms with Crippen molar-refractivity contribution in [3.05, 3.63) is 62.8 Å². The highest BCUT2D eigenvalue weighted by molar-refractivity contribution is 5.81. The summed E-state index contributed by atoms with van der Waals surface area (Å²) in [5, 5.41) is 0.621. The van der Waals surface area contributed by atoms with Crippen LogP contribution in [0.1, 0.15) is 45.7 Å². The third-order valence-corrected chi connectivity index (χ3v) is 3.71. The van der Waals surface area contributed by atoms with Gasteiger partial charge in [0.25, 0.3) is 5.95 Å². The van der Waals surface area contributed by atoms with Crippen molar-refractivity contribution in [3.8, 4) is 5.95 Å². The minimum atomic E-state index is -0.0581. The molecule has 2 rings (SSSR count). The van der Waals surface area contributed by atoms with Gasteiger partial charge in [-0.1, -0.05) is 29.4 Å². The van der Waals surface area contributed by atoms with Crippen LogP contribution in [0.4, 0.5) is 0 Å². The summed E-state index contributed by atoms with van der Waals surface area (Å²) < 4.78 is 11.3. The summed E-state index contributed by atoms with van der Waals surface area (Å²) in [5.74, 6) is 0.283. The van der Waals surface area contributed by atoms with E-state index in [1.165, 1.54) is 17.2 Å². The lowest BCUT2D eigenvalue weighted by Gasteiger charge is -2.09. The van der Waals surface area contributed by atoms with Crippen molar-refractivity contribution in [2.45, 2.75) is 47.5 Å². The number of allylic oxidation sites excluding steroid dienone is 4. The van der Waals surface area contributed by atoms with Crippen molar-refractivity contribution in [1.82, 2.24) is 0 Å². The lowest BCUT2D eigenvalue weighted by molar-refractivity contribution is 0.260. The van der Waals surface area contributed by atoms with Crippen molar-refractivity contribution in [1.29, 1.82) is 0 Å². The highest BCUT2D eigenvalue weighted by Crippen LogP contribution is 2.25. The van der Waals surface area contributed by atoms with Crippen molar-refractivity contribution in [2.75, 3.05) is 6.61 Å². The molecule has 0 unspecified atom stereocenters. The quantitative estimate of drug-likeness (QED) is 0.684. The van der Waals surface area contributed by atoms with E-state index in [0.29, 0.717) is 17.6 Å². The molecule has 1 aromatic carbocycles. The van der Waals surface area contributed by atoms with E-state index < -0.39 is 0 Å². The number of hydrogen-bond acceptors (Lipinski definition) is 3. The molecular formula is C21H26O3. The molecular weight excluding hydrogens is 300 g/mol. The summed E-state index contributed by atoms with van der Waals surface area (Å²) in [7, 11) is 0. The molecule has 0 aliphatic rings. The molecule has 0 spiro atoms. The maximum Gasteiger partial charge on any atom is 0.288 e. The van der Waals surface area contributed by atoms with Gasteiger partial charge in [-0.2, -0.15) is 0 Å². The first kappa shape index (κ1) is 18.1. The van der Waals surface area contributed by atoms with Crippen molar-refractivity contribution < 1.29 is 9.15 Å². The molecule has 0 saturated heterocycles. The smallest absolute Gasteiger partial charge is 0.288 e. The van der Waals surface area contributed by atoms with Gasteiger partial charge in [0.1, 0.15) is 5.58 Å². The summed E-state index contributed by atoms with van der Waals surface area (Å²) in [6, 6.07) is 5.49. The number of rotatable bonds is 6. The molecule has 0 aliphatic carbocycles. The maximum absolute atomic E-state index is 12.5. The molecule has 0 bridgehead atoms. The van der Waals surface area contributed by atoms with Gasteiger partial charge in [0, 0.05) is 0 Å². The van der Waals surface area contributed by atoms with Gasteiger partial charge in [-0.05, 0) is 64.7 Å². The molecule has 0 amide bonds. The average molecular weight is 326 g/mol. The minimum absolute atomic E-state index is 0.0581. The Morgan fingerprint density at radius 1 is 1.04 bits per heavy atom. The fraction of sp³-hybridized carbons (Fsp3) is 0.381. The summed E-state index contributed by atoms with van der Waals surface area (Å²) in [6.07, 6.45) is 5.86.